The van der Waals surface area contributed by atoms with Crippen molar-refractivity contribution in [3.63, 3.8) is 0 Å². The number of carboxylic acid groups (broad SMARTS) is 2. The van der Waals surface area contributed by atoms with Gasteiger partial charge in [0.2, 0.25) is 0 Å². The van der Waals surface area contributed by atoms with E-state index in [-0.39, 0.29) is 11.4 Å². The molecule has 0 spiro atoms. The average molecular weight is 638 g/mol. The molecule has 2 aromatic rings. The Kier molecular flexibility index (Phi) is 20.2. The number of aromatic nitrogens is 2. The highest BCUT2D eigenvalue weighted by Crippen LogP contribution is 2.07. The lowest BCUT2D eigenvalue weighted by Crippen LogP contribution is -2.32. The van der Waals surface area contributed by atoms with Gasteiger partial charge in [-0.3, -0.25) is 9.80 Å². The van der Waals surface area contributed by atoms with Gasteiger partial charge in [-0.15, -0.1) is 0 Å². The standard InChI is InChI=1S/C30H47N5O8S/c1-40-15-10-34(23-25-5-2-7-27(32-25)29(36)37)12-17-42-19-20-43-18-13-35(11-16-41-14-4-21-44-22-9-31)24-26-6-3-8-28(33-26)30(38)39/h2-3,5-8H,4,9-24,31H2,1H3,(H,36,37)(H,38,39). The van der Waals surface area contributed by atoms with Crippen LogP contribution in [0.15, 0.2) is 36.4 Å². The molecule has 0 unspecified atom stereocenters. The van der Waals surface area contributed by atoms with Crippen molar-refractivity contribution >= 4 is 23.7 Å². The molecule has 44 heavy (non-hydrogen) atoms. The second-order valence-electron chi connectivity index (χ2n) is 9.78. The van der Waals surface area contributed by atoms with Crippen LogP contribution in [-0.4, -0.2) is 140 Å². The summed E-state index contributed by atoms with van der Waals surface area (Å²) >= 11 is 1.82. The highest BCUT2D eigenvalue weighted by atomic mass is 32.2. The molecule has 246 valence electrons. The van der Waals surface area contributed by atoms with Gasteiger partial charge in [-0.25, -0.2) is 19.6 Å². The summed E-state index contributed by atoms with van der Waals surface area (Å²) in [6.45, 7) is 7.82. The second-order valence-corrected chi connectivity index (χ2v) is 11.0. The van der Waals surface area contributed by atoms with Gasteiger partial charge in [0, 0.05) is 65.3 Å². The second kappa shape index (κ2) is 23.7. The summed E-state index contributed by atoms with van der Waals surface area (Å²) in [5.74, 6) is -0.130. The lowest BCUT2D eigenvalue weighted by atomic mass is 10.3. The van der Waals surface area contributed by atoms with Gasteiger partial charge in [0.05, 0.1) is 51.0 Å². The molecule has 0 bridgehead atoms. The summed E-state index contributed by atoms with van der Waals surface area (Å²) in [4.78, 5) is 35.3. The van der Waals surface area contributed by atoms with Gasteiger partial charge in [0.15, 0.2) is 0 Å². The van der Waals surface area contributed by atoms with Crippen molar-refractivity contribution in [2.75, 3.05) is 97.6 Å². The average Bonchev–Trinajstić information content (AvgIpc) is 3.02. The van der Waals surface area contributed by atoms with E-state index < -0.39 is 11.9 Å². The van der Waals surface area contributed by atoms with Crippen molar-refractivity contribution in [2.24, 2.45) is 5.73 Å². The van der Waals surface area contributed by atoms with Crippen molar-refractivity contribution < 1.29 is 38.7 Å². The molecule has 0 fully saturated rings. The number of carbonyl (C=O) groups is 2. The van der Waals surface area contributed by atoms with Crippen molar-refractivity contribution in [3.05, 3.63) is 59.2 Å². The molecule has 0 atom stereocenters. The Labute approximate surface area is 264 Å². The topological polar surface area (TPSA) is 170 Å². The Morgan fingerprint density at radius 3 is 1.66 bits per heavy atom. The Morgan fingerprint density at radius 2 is 1.20 bits per heavy atom. The van der Waals surface area contributed by atoms with Gasteiger partial charge in [-0.1, -0.05) is 12.1 Å². The maximum absolute atomic E-state index is 11.3. The number of hydrogen-bond acceptors (Lipinski definition) is 12. The zero-order valence-electron chi connectivity index (χ0n) is 25.6. The smallest absolute Gasteiger partial charge is 0.354 e. The van der Waals surface area contributed by atoms with Gasteiger partial charge in [-0.05, 0) is 36.4 Å². The zero-order valence-corrected chi connectivity index (χ0v) is 26.4. The summed E-state index contributed by atoms with van der Waals surface area (Å²) in [6, 6.07) is 9.97. The van der Waals surface area contributed by atoms with Crippen LogP contribution in [0.4, 0.5) is 0 Å². The molecular formula is C30H47N5O8S. The minimum atomic E-state index is -1.05. The summed E-state index contributed by atoms with van der Waals surface area (Å²) < 4.78 is 22.6. The quantitative estimate of drug-likeness (QED) is 0.121. The van der Waals surface area contributed by atoms with E-state index in [0.29, 0.717) is 103 Å². The molecular weight excluding hydrogens is 590 g/mol. The van der Waals surface area contributed by atoms with E-state index in [9.17, 15) is 19.8 Å². The van der Waals surface area contributed by atoms with E-state index in [1.807, 2.05) is 17.8 Å². The molecule has 0 saturated heterocycles. The molecule has 0 amide bonds. The molecule has 13 nitrogen and oxygen atoms in total. The summed E-state index contributed by atoms with van der Waals surface area (Å²) in [6.07, 6.45) is 0.967. The lowest BCUT2D eigenvalue weighted by molar-refractivity contribution is 0.0236. The number of rotatable bonds is 27. The molecule has 2 heterocycles. The third kappa shape index (κ3) is 17.0. The first-order valence-electron chi connectivity index (χ1n) is 14.8. The van der Waals surface area contributed by atoms with E-state index >= 15 is 0 Å². The van der Waals surface area contributed by atoms with E-state index in [1.54, 1.807) is 25.3 Å². The molecule has 0 aromatic carbocycles. The number of pyridine rings is 2. The maximum Gasteiger partial charge on any atom is 0.354 e. The Morgan fingerprint density at radius 1 is 0.727 bits per heavy atom. The molecule has 0 radical (unpaired) electrons. The van der Waals surface area contributed by atoms with E-state index in [2.05, 4.69) is 19.8 Å². The van der Waals surface area contributed by atoms with Gasteiger partial charge < -0.3 is 34.9 Å². The van der Waals surface area contributed by atoms with Crippen LogP contribution in [-0.2, 0) is 32.0 Å². The van der Waals surface area contributed by atoms with Crippen LogP contribution in [0.3, 0.4) is 0 Å². The van der Waals surface area contributed by atoms with E-state index in [0.717, 1.165) is 17.9 Å². The Hall–Kier alpha value is -2.69. The number of aromatic carboxylic acids is 2. The summed E-state index contributed by atoms with van der Waals surface area (Å²) in [5.41, 5.74) is 6.91. The fourth-order valence-electron chi connectivity index (χ4n) is 4.05. The first kappa shape index (κ1) is 37.5. The largest absolute Gasteiger partial charge is 0.477 e. The first-order valence-corrected chi connectivity index (χ1v) is 15.9. The van der Waals surface area contributed by atoms with Crippen LogP contribution in [0.1, 0.15) is 38.8 Å². The Balaban J connectivity index is 1.72. The Bertz CT molecular complexity index is 1080. The lowest BCUT2D eigenvalue weighted by Gasteiger charge is -2.22. The SMILES string of the molecule is COCCN(CCOCCOCCN(CCOCCCSCCN)Cc1cccc(C(=O)O)n1)Cc1cccc(C(=O)O)n1. The number of thioether (sulfide) groups is 1. The minimum Gasteiger partial charge on any atom is -0.477 e. The van der Waals surface area contributed by atoms with Crippen LogP contribution in [0.25, 0.3) is 0 Å². The van der Waals surface area contributed by atoms with E-state index in [4.69, 9.17) is 24.7 Å². The third-order valence-electron chi connectivity index (χ3n) is 6.30. The first-order chi connectivity index (χ1) is 21.4. The molecule has 0 aliphatic carbocycles. The van der Waals surface area contributed by atoms with Crippen molar-refractivity contribution in [1.29, 1.82) is 0 Å². The number of nitrogens with zero attached hydrogens (tertiary/aromatic N) is 4. The molecule has 4 N–H and O–H groups in total. The number of ether oxygens (including phenoxy) is 4. The fraction of sp³-hybridized carbons (Fsp3) is 0.600. The predicted octanol–water partition coefficient (Wildman–Crippen LogP) is 1.96. The predicted molar refractivity (Wildman–Crippen MR) is 168 cm³/mol. The normalized spacial score (nSPS) is 11.5. The zero-order chi connectivity index (χ0) is 31.8. The maximum atomic E-state index is 11.3. The van der Waals surface area contributed by atoms with Crippen LogP contribution in [0, 0.1) is 0 Å². The van der Waals surface area contributed by atoms with Crippen LogP contribution < -0.4 is 5.73 Å². The third-order valence-corrected chi connectivity index (χ3v) is 7.40. The van der Waals surface area contributed by atoms with Crippen molar-refractivity contribution in [3.8, 4) is 0 Å². The van der Waals surface area contributed by atoms with Gasteiger partial charge in [0.25, 0.3) is 0 Å². The number of hydrogen-bond donors (Lipinski definition) is 3. The number of methoxy groups -OCH3 is 1. The van der Waals surface area contributed by atoms with Crippen molar-refractivity contribution in [1.82, 2.24) is 19.8 Å². The molecule has 2 rings (SSSR count). The minimum absolute atomic E-state index is 0.0203. The van der Waals surface area contributed by atoms with Crippen LogP contribution >= 0.6 is 11.8 Å². The van der Waals surface area contributed by atoms with Gasteiger partial charge in [0.1, 0.15) is 11.4 Å². The highest BCUT2D eigenvalue weighted by molar-refractivity contribution is 7.99. The summed E-state index contributed by atoms with van der Waals surface area (Å²) in [7, 11) is 1.64. The summed E-state index contributed by atoms with van der Waals surface area (Å²) in [5, 5.41) is 18.5. The highest BCUT2D eigenvalue weighted by Gasteiger charge is 2.12. The van der Waals surface area contributed by atoms with Gasteiger partial charge in [-0.2, -0.15) is 11.8 Å². The number of nitrogens with two attached hydrogens (primary N) is 1. The molecule has 0 aliphatic rings. The molecule has 0 aliphatic heterocycles. The van der Waals surface area contributed by atoms with Crippen LogP contribution in [0.2, 0.25) is 0 Å². The molecule has 0 saturated carbocycles. The molecule has 2 aromatic heterocycles. The number of carboxylic acids is 2. The van der Waals surface area contributed by atoms with Crippen LogP contribution in [0.5, 0.6) is 0 Å². The monoisotopic (exact) mass is 637 g/mol. The van der Waals surface area contributed by atoms with Crippen molar-refractivity contribution in [2.45, 2.75) is 19.5 Å². The van der Waals surface area contributed by atoms with Gasteiger partial charge >= 0.3 is 11.9 Å². The van der Waals surface area contributed by atoms with E-state index in [1.165, 1.54) is 12.1 Å². The molecule has 14 heteroatoms. The fourth-order valence-corrected chi connectivity index (χ4v) is 4.74.